The Morgan fingerprint density at radius 3 is 2.35 bits per heavy atom. The normalized spacial score (nSPS) is 26.5. The Morgan fingerprint density at radius 1 is 1.12 bits per heavy atom. The lowest BCUT2D eigenvalue weighted by Gasteiger charge is -2.39. The van der Waals surface area contributed by atoms with Crippen LogP contribution in [-0.2, 0) is 0 Å². The van der Waals surface area contributed by atoms with Crippen LogP contribution in [0.25, 0.3) is 0 Å². The predicted octanol–water partition coefficient (Wildman–Crippen LogP) is 3.19. The van der Waals surface area contributed by atoms with Crippen molar-refractivity contribution in [2.75, 3.05) is 19.6 Å². The molecule has 1 atom stereocenters. The molecule has 0 aromatic heterocycles. The zero-order chi connectivity index (χ0) is 12.1. The van der Waals surface area contributed by atoms with Crippen molar-refractivity contribution in [2.24, 2.45) is 5.41 Å². The largest absolute Gasteiger partial charge is 0.393 e. The average molecular weight is 239 g/mol. The highest BCUT2D eigenvalue weighted by atomic mass is 16.3. The lowest BCUT2D eigenvalue weighted by Crippen LogP contribution is -2.39. The van der Waals surface area contributed by atoms with Gasteiger partial charge in [-0.25, -0.2) is 0 Å². The number of likely N-dealkylation sites (tertiary alicyclic amines) is 1. The summed E-state index contributed by atoms with van der Waals surface area (Å²) in [5.74, 6) is 0. The summed E-state index contributed by atoms with van der Waals surface area (Å²) in [6.45, 7) is 5.88. The Hall–Kier alpha value is -0.0800. The van der Waals surface area contributed by atoms with Gasteiger partial charge in [0.15, 0.2) is 0 Å². The maximum absolute atomic E-state index is 9.54. The molecule has 0 bridgehead atoms. The van der Waals surface area contributed by atoms with E-state index in [0.29, 0.717) is 0 Å². The Bertz CT molecular complexity index is 213. The van der Waals surface area contributed by atoms with Gasteiger partial charge in [0.1, 0.15) is 0 Å². The van der Waals surface area contributed by atoms with Crippen molar-refractivity contribution in [2.45, 2.75) is 70.8 Å². The minimum atomic E-state index is -0.0686. The first-order chi connectivity index (χ1) is 8.24. The quantitative estimate of drug-likeness (QED) is 0.796. The van der Waals surface area contributed by atoms with E-state index in [1.54, 1.807) is 0 Å². The van der Waals surface area contributed by atoms with Gasteiger partial charge >= 0.3 is 0 Å². The molecule has 1 unspecified atom stereocenters. The van der Waals surface area contributed by atoms with Crippen LogP contribution in [-0.4, -0.2) is 35.7 Å². The maximum Gasteiger partial charge on any atom is 0.0538 e. The van der Waals surface area contributed by atoms with Gasteiger partial charge in [-0.3, -0.25) is 0 Å². The molecule has 1 heterocycles. The van der Waals surface area contributed by atoms with E-state index in [2.05, 4.69) is 11.8 Å². The van der Waals surface area contributed by atoms with Gasteiger partial charge in [0.05, 0.1) is 6.10 Å². The van der Waals surface area contributed by atoms with E-state index in [1.807, 2.05) is 0 Å². The van der Waals surface area contributed by atoms with Gasteiger partial charge in [-0.15, -0.1) is 0 Å². The molecule has 1 saturated carbocycles. The molecule has 1 spiro atoms. The van der Waals surface area contributed by atoms with Gasteiger partial charge in [-0.05, 0) is 70.0 Å². The molecule has 2 heteroatoms. The standard InChI is InChI=1S/C15H29NO/c1-2-14(17)6-5-11-16-12-9-15(10-13-16)7-3-4-8-15/h14,17H,2-13H2,1H3. The molecule has 0 aromatic rings. The van der Waals surface area contributed by atoms with Crippen molar-refractivity contribution in [3.05, 3.63) is 0 Å². The number of hydrogen-bond acceptors (Lipinski definition) is 2. The zero-order valence-corrected chi connectivity index (χ0v) is 11.5. The van der Waals surface area contributed by atoms with Crippen LogP contribution >= 0.6 is 0 Å². The molecule has 0 amide bonds. The first-order valence-corrected chi connectivity index (χ1v) is 7.64. The molecule has 0 radical (unpaired) electrons. The second-order valence-electron chi connectivity index (χ2n) is 6.25. The number of piperidine rings is 1. The van der Waals surface area contributed by atoms with Crippen LogP contribution in [0.5, 0.6) is 0 Å². The molecular weight excluding hydrogens is 210 g/mol. The Labute approximate surface area is 106 Å². The average Bonchev–Trinajstić information content (AvgIpc) is 2.80. The van der Waals surface area contributed by atoms with Crippen molar-refractivity contribution in [1.29, 1.82) is 0 Å². The van der Waals surface area contributed by atoms with Crippen LogP contribution in [0.3, 0.4) is 0 Å². The van der Waals surface area contributed by atoms with Crippen molar-refractivity contribution >= 4 is 0 Å². The van der Waals surface area contributed by atoms with Crippen LogP contribution in [0.1, 0.15) is 64.7 Å². The molecule has 2 nitrogen and oxygen atoms in total. The summed E-state index contributed by atoms with van der Waals surface area (Å²) in [4.78, 5) is 2.62. The highest BCUT2D eigenvalue weighted by molar-refractivity contribution is 4.89. The summed E-state index contributed by atoms with van der Waals surface area (Å²) in [5, 5.41) is 9.54. The van der Waals surface area contributed by atoms with Crippen molar-refractivity contribution < 1.29 is 5.11 Å². The Morgan fingerprint density at radius 2 is 1.76 bits per heavy atom. The van der Waals surface area contributed by atoms with E-state index in [4.69, 9.17) is 0 Å². The Balaban J connectivity index is 1.62. The third-order valence-corrected chi connectivity index (χ3v) is 5.06. The monoisotopic (exact) mass is 239 g/mol. The van der Waals surface area contributed by atoms with Gasteiger partial charge in [-0.1, -0.05) is 19.8 Å². The van der Waals surface area contributed by atoms with Crippen LogP contribution < -0.4 is 0 Å². The van der Waals surface area contributed by atoms with E-state index in [1.165, 1.54) is 64.6 Å². The molecule has 1 aliphatic heterocycles. The summed E-state index contributed by atoms with van der Waals surface area (Å²) in [5.41, 5.74) is 0.749. The summed E-state index contributed by atoms with van der Waals surface area (Å²) in [6.07, 6.45) is 11.8. The second kappa shape index (κ2) is 6.19. The van der Waals surface area contributed by atoms with E-state index < -0.39 is 0 Å². The van der Waals surface area contributed by atoms with E-state index in [-0.39, 0.29) is 6.10 Å². The molecule has 1 N–H and O–H groups in total. The zero-order valence-electron chi connectivity index (χ0n) is 11.5. The van der Waals surface area contributed by atoms with Crippen molar-refractivity contribution in [1.82, 2.24) is 4.90 Å². The minimum Gasteiger partial charge on any atom is -0.393 e. The molecule has 1 aliphatic carbocycles. The summed E-state index contributed by atoms with van der Waals surface area (Å²) >= 11 is 0. The summed E-state index contributed by atoms with van der Waals surface area (Å²) in [6, 6.07) is 0. The fourth-order valence-corrected chi connectivity index (χ4v) is 3.63. The number of aliphatic hydroxyl groups is 1. The van der Waals surface area contributed by atoms with Gasteiger partial charge in [0, 0.05) is 0 Å². The number of aliphatic hydroxyl groups excluding tert-OH is 1. The number of rotatable bonds is 5. The number of nitrogens with zero attached hydrogens (tertiary/aromatic N) is 1. The SMILES string of the molecule is CCC(O)CCCN1CCC2(CCCC2)CC1. The van der Waals surface area contributed by atoms with Gasteiger partial charge in [0.2, 0.25) is 0 Å². The number of hydrogen-bond donors (Lipinski definition) is 1. The van der Waals surface area contributed by atoms with E-state index in [9.17, 15) is 5.11 Å². The van der Waals surface area contributed by atoms with Crippen LogP contribution in [0.2, 0.25) is 0 Å². The molecular formula is C15H29NO. The van der Waals surface area contributed by atoms with E-state index >= 15 is 0 Å². The molecule has 2 fully saturated rings. The molecule has 0 aromatic carbocycles. The van der Waals surface area contributed by atoms with Gasteiger partial charge in [0.25, 0.3) is 0 Å². The fraction of sp³-hybridized carbons (Fsp3) is 1.00. The molecule has 2 aliphatic rings. The smallest absolute Gasteiger partial charge is 0.0538 e. The third-order valence-electron chi connectivity index (χ3n) is 5.06. The lowest BCUT2D eigenvalue weighted by molar-refractivity contribution is 0.0989. The van der Waals surface area contributed by atoms with Gasteiger partial charge < -0.3 is 10.0 Å². The van der Waals surface area contributed by atoms with Crippen LogP contribution in [0.4, 0.5) is 0 Å². The third kappa shape index (κ3) is 3.69. The summed E-state index contributed by atoms with van der Waals surface area (Å²) < 4.78 is 0. The topological polar surface area (TPSA) is 23.5 Å². The van der Waals surface area contributed by atoms with Crippen LogP contribution in [0.15, 0.2) is 0 Å². The predicted molar refractivity (Wildman–Crippen MR) is 72.1 cm³/mol. The fourth-order valence-electron chi connectivity index (χ4n) is 3.63. The lowest BCUT2D eigenvalue weighted by atomic mass is 9.77. The second-order valence-corrected chi connectivity index (χ2v) is 6.25. The van der Waals surface area contributed by atoms with Crippen LogP contribution in [0, 0.1) is 5.41 Å². The molecule has 1 saturated heterocycles. The highest BCUT2D eigenvalue weighted by Crippen LogP contribution is 2.46. The minimum absolute atomic E-state index is 0.0686. The van der Waals surface area contributed by atoms with Gasteiger partial charge in [-0.2, -0.15) is 0 Å². The highest BCUT2D eigenvalue weighted by Gasteiger charge is 2.36. The maximum atomic E-state index is 9.54. The summed E-state index contributed by atoms with van der Waals surface area (Å²) in [7, 11) is 0. The first-order valence-electron chi connectivity index (χ1n) is 7.64. The first kappa shape index (κ1) is 13.4. The molecule has 17 heavy (non-hydrogen) atoms. The van der Waals surface area contributed by atoms with Crippen molar-refractivity contribution in [3.8, 4) is 0 Å². The Kier molecular flexibility index (Phi) is 4.87. The van der Waals surface area contributed by atoms with Crippen molar-refractivity contribution in [3.63, 3.8) is 0 Å². The molecule has 100 valence electrons. The molecule has 2 rings (SSSR count). The van der Waals surface area contributed by atoms with E-state index in [0.717, 1.165) is 18.3 Å².